The van der Waals surface area contributed by atoms with E-state index in [1.807, 2.05) is 37.3 Å². The highest BCUT2D eigenvalue weighted by Gasteiger charge is 2.08. The third kappa shape index (κ3) is 3.11. The SMILES string of the molecule is CCC(Sc1ccccc1)C(=O)[O-]. The van der Waals surface area contributed by atoms with Gasteiger partial charge >= 0.3 is 0 Å². The maximum atomic E-state index is 10.6. The third-order valence-electron chi connectivity index (χ3n) is 1.66. The lowest BCUT2D eigenvalue weighted by Gasteiger charge is -2.14. The summed E-state index contributed by atoms with van der Waals surface area (Å²) in [6.45, 7) is 1.84. The van der Waals surface area contributed by atoms with Gasteiger partial charge < -0.3 is 9.90 Å². The summed E-state index contributed by atoms with van der Waals surface area (Å²) in [5, 5.41) is 10.2. The monoisotopic (exact) mass is 195 g/mol. The van der Waals surface area contributed by atoms with Gasteiger partial charge in [0.25, 0.3) is 0 Å². The van der Waals surface area contributed by atoms with E-state index in [1.165, 1.54) is 11.8 Å². The molecule has 0 spiro atoms. The quantitative estimate of drug-likeness (QED) is 0.680. The van der Waals surface area contributed by atoms with Crippen molar-refractivity contribution in [2.24, 2.45) is 0 Å². The maximum Gasteiger partial charge on any atom is 0.0548 e. The van der Waals surface area contributed by atoms with Crippen molar-refractivity contribution in [3.63, 3.8) is 0 Å². The zero-order valence-corrected chi connectivity index (χ0v) is 8.21. The van der Waals surface area contributed by atoms with Crippen LogP contribution in [0.1, 0.15) is 13.3 Å². The molecule has 0 saturated carbocycles. The fourth-order valence-electron chi connectivity index (χ4n) is 0.961. The number of carbonyl (C=O) groups is 1. The Morgan fingerprint density at radius 2 is 2.08 bits per heavy atom. The minimum Gasteiger partial charge on any atom is -0.549 e. The zero-order valence-electron chi connectivity index (χ0n) is 7.40. The number of hydrogen-bond donors (Lipinski definition) is 0. The molecule has 1 unspecified atom stereocenters. The molecule has 0 saturated heterocycles. The number of carboxylic acid groups (broad SMARTS) is 1. The lowest BCUT2D eigenvalue weighted by Crippen LogP contribution is -2.32. The Morgan fingerprint density at radius 3 is 2.54 bits per heavy atom. The Bertz CT molecular complexity index is 272. The van der Waals surface area contributed by atoms with Crippen molar-refractivity contribution in [3.8, 4) is 0 Å². The first kappa shape index (κ1) is 10.1. The predicted molar refractivity (Wildman–Crippen MR) is 51.4 cm³/mol. The smallest absolute Gasteiger partial charge is 0.0548 e. The Labute approximate surface area is 82.0 Å². The normalized spacial score (nSPS) is 12.4. The van der Waals surface area contributed by atoms with Crippen molar-refractivity contribution in [3.05, 3.63) is 30.3 Å². The number of aliphatic carboxylic acids is 1. The van der Waals surface area contributed by atoms with Crippen LogP contribution in [-0.4, -0.2) is 11.2 Å². The molecule has 0 aliphatic heterocycles. The van der Waals surface area contributed by atoms with Gasteiger partial charge in [0.05, 0.1) is 5.97 Å². The molecule has 3 heteroatoms. The average Bonchev–Trinajstić information content (AvgIpc) is 2.15. The van der Waals surface area contributed by atoms with E-state index >= 15 is 0 Å². The number of benzene rings is 1. The van der Waals surface area contributed by atoms with Gasteiger partial charge in [-0.3, -0.25) is 0 Å². The van der Waals surface area contributed by atoms with Crippen LogP contribution in [0.15, 0.2) is 35.2 Å². The first-order chi connectivity index (χ1) is 6.24. The fraction of sp³-hybridized carbons (Fsp3) is 0.300. The highest BCUT2D eigenvalue weighted by atomic mass is 32.2. The van der Waals surface area contributed by atoms with Crippen molar-refractivity contribution in [2.75, 3.05) is 0 Å². The third-order valence-corrected chi connectivity index (χ3v) is 3.01. The Kier molecular flexibility index (Phi) is 3.83. The summed E-state index contributed by atoms with van der Waals surface area (Å²) in [7, 11) is 0. The zero-order chi connectivity index (χ0) is 9.68. The van der Waals surface area contributed by atoms with Gasteiger partial charge in [0.1, 0.15) is 0 Å². The van der Waals surface area contributed by atoms with Crippen LogP contribution < -0.4 is 5.11 Å². The number of carboxylic acids is 1. The van der Waals surface area contributed by atoms with E-state index in [-0.39, 0.29) is 0 Å². The van der Waals surface area contributed by atoms with Crippen molar-refractivity contribution in [1.29, 1.82) is 0 Å². The van der Waals surface area contributed by atoms with Crippen molar-refractivity contribution >= 4 is 17.7 Å². The summed E-state index contributed by atoms with van der Waals surface area (Å²) in [5.74, 6) is -0.989. The van der Waals surface area contributed by atoms with E-state index in [0.717, 1.165) is 4.90 Å². The van der Waals surface area contributed by atoms with E-state index in [1.54, 1.807) is 0 Å². The topological polar surface area (TPSA) is 40.1 Å². The molecule has 1 rings (SSSR count). The lowest BCUT2D eigenvalue weighted by molar-refractivity contribution is -0.304. The van der Waals surface area contributed by atoms with Crippen LogP contribution in [-0.2, 0) is 4.79 Å². The first-order valence-electron chi connectivity index (χ1n) is 4.16. The van der Waals surface area contributed by atoms with Crippen LogP contribution in [0.5, 0.6) is 0 Å². The molecule has 0 aromatic heterocycles. The van der Waals surface area contributed by atoms with Crippen LogP contribution in [0.2, 0.25) is 0 Å². The number of rotatable bonds is 4. The van der Waals surface area contributed by atoms with Gasteiger partial charge in [0.2, 0.25) is 0 Å². The van der Waals surface area contributed by atoms with Crippen LogP contribution >= 0.6 is 11.8 Å². The molecule has 0 amide bonds. The summed E-state index contributed by atoms with van der Waals surface area (Å²) in [5.41, 5.74) is 0. The van der Waals surface area contributed by atoms with Gasteiger partial charge in [-0.25, -0.2) is 0 Å². The molecule has 0 bridgehead atoms. The van der Waals surface area contributed by atoms with E-state index in [2.05, 4.69) is 0 Å². The molecule has 1 atom stereocenters. The average molecular weight is 195 g/mol. The molecule has 0 aliphatic rings. The van der Waals surface area contributed by atoms with Gasteiger partial charge in [0, 0.05) is 10.1 Å². The largest absolute Gasteiger partial charge is 0.549 e. The number of thioether (sulfide) groups is 1. The molecule has 0 heterocycles. The minimum atomic E-state index is -0.989. The maximum absolute atomic E-state index is 10.6. The van der Waals surface area contributed by atoms with Gasteiger partial charge in [-0.05, 0) is 18.6 Å². The highest BCUT2D eigenvalue weighted by molar-refractivity contribution is 8.00. The molecule has 1 aromatic carbocycles. The summed E-state index contributed by atoms with van der Waals surface area (Å²) >= 11 is 1.33. The molecule has 0 N–H and O–H groups in total. The van der Waals surface area contributed by atoms with E-state index < -0.39 is 11.2 Å². The van der Waals surface area contributed by atoms with Crippen molar-refractivity contribution in [1.82, 2.24) is 0 Å². The van der Waals surface area contributed by atoms with Gasteiger partial charge in [-0.15, -0.1) is 11.8 Å². The molecule has 1 aromatic rings. The molecule has 13 heavy (non-hydrogen) atoms. The second-order valence-corrected chi connectivity index (χ2v) is 3.92. The van der Waals surface area contributed by atoms with Crippen LogP contribution in [0, 0.1) is 0 Å². The molecule has 0 fully saturated rings. The Hall–Kier alpha value is -0.960. The highest BCUT2D eigenvalue weighted by Crippen LogP contribution is 2.24. The molecule has 0 radical (unpaired) electrons. The second-order valence-electron chi connectivity index (χ2n) is 2.65. The standard InChI is InChI=1S/C10H12O2S/c1-2-9(10(11)12)13-8-6-4-3-5-7-8/h3-7,9H,2H2,1H3,(H,11,12)/p-1. The lowest BCUT2D eigenvalue weighted by atomic mass is 10.3. The van der Waals surface area contributed by atoms with Crippen LogP contribution in [0.3, 0.4) is 0 Å². The van der Waals surface area contributed by atoms with E-state index in [0.29, 0.717) is 6.42 Å². The molecular formula is C10H11O2S-. The van der Waals surface area contributed by atoms with E-state index in [4.69, 9.17) is 0 Å². The van der Waals surface area contributed by atoms with Crippen molar-refractivity contribution in [2.45, 2.75) is 23.5 Å². The van der Waals surface area contributed by atoms with Gasteiger partial charge in [0.15, 0.2) is 0 Å². The number of carbonyl (C=O) groups excluding carboxylic acids is 1. The van der Waals surface area contributed by atoms with Gasteiger partial charge in [-0.1, -0.05) is 25.1 Å². The van der Waals surface area contributed by atoms with Crippen LogP contribution in [0.25, 0.3) is 0 Å². The molecule has 0 aliphatic carbocycles. The molecular weight excluding hydrogens is 184 g/mol. The number of hydrogen-bond acceptors (Lipinski definition) is 3. The Morgan fingerprint density at radius 1 is 1.46 bits per heavy atom. The fourth-order valence-corrected chi connectivity index (χ4v) is 1.87. The predicted octanol–water partition coefficient (Wildman–Crippen LogP) is 1.31. The molecule has 70 valence electrons. The minimum absolute atomic E-state index is 0.442. The summed E-state index contributed by atoms with van der Waals surface area (Å²) in [6.07, 6.45) is 0.585. The Balaban J connectivity index is 2.62. The second kappa shape index (κ2) is 4.92. The van der Waals surface area contributed by atoms with Crippen molar-refractivity contribution < 1.29 is 9.90 Å². The summed E-state index contributed by atoms with van der Waals surface area (Å²) < 4.78 is 0. The first-order valence-corrected chi connectivity index (χ1v) is 5.04. The summed E-state index contributed by atoms with van der Waals surface area (Å²) in [6, 6.07) is 9.49. The van der Waals surface area contributed by atoms with Crippen LogP contribution in [0.4, 0.5) is 0 Å². The summed E-state index contributed by atoms with van der Waals surface area (Å²) in [4.78, 5) is 11.6. The van der Waals surface area contributed by atoms with E-state index in [9.17, 15) is 9.90 Å². The molecule has 2 nitrogen and oxygen atoms in total. The van der Waals surface area contributed by atoms with Gasteiger partial charge in [-0.2, -0.15) is 0 Å².